The van der Waals surface area contributed by atoms with Crippen LogP contribution in [0.1, 0.15) is 31.4 Å². The SMILES string of the molecule is COc1cc(Nc2nccc(N3CCCC(C(=O)N[C@@H](C)c4ccc(F)cc4)C3)n2)cc(OC)c1OC. The zero-order chi connectivity index (χ0) is 26.4. The van der Waals surface area contributed by atoms with E-state index in [1.54, 1.807) is 51.8 Å². The van der Waals surface area contributed by atoms with Gasteiger partial charge in [0.1, 0.15) is 11.6 Å². The fourth-order valence-corrected chi connectivity index (χ4v) is 4.43. The highest BCUT2D eigenvalue weighted by Gasteiger charge is 2.28. The third-order valence-corrected chi connectivity index (χ3v) is 6.41. The highest BCUT2D eigenvalue weighted by molar-refractivity contribution is 5.80. The summed E-state index contributed by atoms with van der Waals surface area (Å²) in [7, 11) is 4.67. The van der Waals surface area contributed by atoms with Crippen LogP contribution in [-0.2, 0) is 4.79 Å². The number of amides is 1. The summed E-state index contributed by atoms with van der Waals surface area (Å²) in [6, 6.07) is 11.4. The van der Waals surface area contributed by atoms with Gasteiger partial charge in [0.15, 0.2) is 11.5 Å². The molecule has 10 heteroatoms. The lowest BCUT2D eigenvalue weighted by Gasteiger charge is -2.33. The van der Waals surface area contributed by atoms with Crippen molar-refractivity contribution in [1.82, 2.24) is 15.3 Å². The molecule has 1 aliphatic heterocycles. The fraction of sp³-hybridized carbons (Fsp3) is 0.370. The number of carbonyl (C=O) groups is 1. The van der Waals surface area contributed by atoms with Crippen molar-refractivity contribution in [1.29, 1.82) is 0 Å². The Morgan fingerprint density at radius 2 is 1.78 bits per heavy atom. The second-order valence-corrected chi connectivity index (χ2v) is 8.84. The topological polar surface area (TPSA) is 97.8 Å². The maximum absolute atomic E-state index is 13.2. The number of carbonyl (C=O) groups excluding carboxylic acids is 1. The van der Waals surface area contributed by atoms with Gasteiger partial charge >= 0.3 is 0 Å². The molecular weight excluding hydrogens is 477 g/mol. The monoisotopic (exact) mass is 509 g/mol. The second-order valence-electron chi connectivity index (χ2n) is 8.84. The number of aromatic nitrogens is 2. The summed E-state index contributed by atoms with van der Waals surface area (Å²) in [6.45, 7) is 3.23. The minimum atomic E-state index is -0.297. The normalized spacial score (nSPS) is 16.0. The fourth-order valence-electron chi connectivity index (χ4n) is 4.43. The van der Waals surface area contributed by atoms with E-state index < -0.39 is 0 Å². The Bertz CT molecular complexity index is 1200. The van der Waals surface area contributed by atoms with E-state index in [0.717, 1.165) is 30.8 Å². The number of halogens is 1. The van der Waals surface area contributed by atoms with Crippen molar-refractivity contribution in [2.75, 3.05) is 44.6 Å². The smallest absolute Gasteiger partial charge is 0.229 e. The Labute approximate surface area is 216 Å². The zero-order valence-corrected chi connectivity index (χ0v) is 21.5. The van der Waals surface area contributed by atoms with Gasteiger partial charge in [0, 0.05) is 37.1 Å². The Morgan fingerprint density at radius 3 is 2.43 bits per heavy atom. The van der Waals surface area contributed by atoms with E-state index in [1.807, 2.05) is 13.0 Å². The van der Waals surface area contributed by atoms with E-state index in [2.05, 4.69) is 25.5 Å². The number of ether oxygens (including phenoxy) is 3. The molecule has 2 aromatic carbocycles. The average Bonchev–Trinajstić information content (AvgIpc) is 2.93. The van der Waals surface area contributed by atoms with Crippen LogP contribution in [0.3, 0.4) is 0 Å². The number of piperidine rings is 1. The van der Waals surface area contributed by atoms with Crippen LogP contribution in [0.4, 0.5) is 21.8 Å². The molecule has 1 fully saturated rings. The molecule has 2 N–H and O–H groups in total. The maximum Gasteiger partial charge on any atom is 0.229 e. The quantitative estimate of drug-likeness (QED) is 0.436. The molecule has 0 aliphatic carbocycles. The lowest BCUT2D eigenvalue weighted by Crippen LogP contribution is -2.44. The lowest BCUT2D eigenvalue weighted by atomic mass is 9.96. The minimum absolute atomic E-state index is 0.0219. The van der Waals surface area contributed by atoms with Crippen LogP contribution in [-0.4, -0.2) is 50.3 Å². The third kappa shape index (κ3) is 6.19. The van der Waals surface area contributed by atoms with E-state index in [4.69, 9.17) is 14.2 Å². The van der Waals surface area contributed by atoms with Crippen LogP contribution in [0, 0.1) is 11.7 Å². The molecule has 0 saturated carbocycles. The molecule has 0 spiro atoms. The van der Waals surface area contributed by atoms with Crippen LogP contribution in [0.15, 0.2) is 48.7 Å². The number of rotatable bonds is 9. The number of anilines is 3. The molecular formula is C27H32FN5O4. The number of nitrogens with zero attached hydrogens (tertiary/aromatic N) is 3. The van der Waals surface area contributed by atoms with Crippen molar-refractivity contribution in [3.05, 3.63) is 60.0 Å². The van der Waals surface area contributed by atoms with Crippen LogP contribution >= 0.6 is 0 Å². The van der Waals surface area contributed by atoms with Gasteiger partial charge in [-0.2, -0.15) is 4.98 Å². The summed E-state index contributed by atoms with van der Waals surface area (Å²) in [5.74, 6) is 2.16. The second kappa shape index (κ2) is 11.8. The highest BCUT2D eigenvalue weighted by Crippen LogP contribution is 2.40. The minimum Gasteiger partial charge on any atom is -0.493 e. The van der Waals surface area contributed by atoms with Crippen molar-refractivity contribution in [3.63, 3.8) is 0 Å². The third-order valence-electron chi connectivity index (χ3n) is 6.41. The van der Waals surface area contributed by atoms with Crippen molar-refractivity contribution in [3.8, 4) is 17.2 Å². The molecule has 3 aromatic rings. The molecule has 37 heavy (non-hydrogen) atoms. The highest BCUT2D eigenvalue weighted by atomic mass is 19.1. The van der Waals surface area contributed by atoms with Gasteiger partial charge < -0.3 is 29.7 Å². The summed E-state index contributed by atoms with van der Waals surface area (Å²) in [5, 5.41) is 6.26. The predicted molar refractivity (Wildman–Crippen MR) is 139 cm³/mol. The van der Waals surface area contributed by atoms with E-state index >= 15 is 0 Å². The molecule has 196 valence electrons. The molecule has 1 aromatic heterocycles. The first kappa shape index (κ1) is 26.0. The van der Waals surface area contributed by atoms with Gasteiger partial charge in [-0.05, 0) is 43.5 Å². The molecule has 0 bridgehead atoms. The summed E-state index contributed by atoms with van der Waals surface area (Å²) in [4.78, 5) is 24.1. The van der Waals surface area contributed by atoms with Gasteiger partial charge in [-0.1, -0.05) is 12.1 Å². The number of hydrogen-bond donors (Lipinski definition) is 2. The van der Waals surface area contributed by atoms with Crippen LogP contribution in [0.25, 0.3) is 0 Å². The van der Waals surface area contributed by atoms with Crippen molar-refractivity contribution in [2.45, 2.75) is 25.8 Å². The zero-order valence-electron chi connectivity index (χ0n) is 21.5. The molecule has 1 unspecified atom stereocenters. The summed E-state index contributed by atoms with van der Waals surface area (Å²) in [5.41, 5.74) is 1.54. The molecule has 9 nitrogen and oxygen atoms in total. The van der Waals surface area contributed by atoms with Gasteiger partial charge in [-0.15, -0.1) is 0 Å². The number of benzene rings is 2. The first-order valence-electron chi connectivity index (χ1n) is 12.1. The van der Waals surface area contributed by atoms with Gasteiger partial charge in [-0.3, -0.25) is 4.79 Å². The van der Waals surface area contributed by atoms with Gasteiger partial charge in [-0.25, -0.2) is 9.37 Å². The van der Waals surface area contributed by atoms with Gasteiger partial charge in [0.2, 0.25) is 17.6 Å². The Balaban J connectivity index is 1.44. The summed E-state index contributed by atoms with van der Waals surface area (Å²) >= 11 is 0. The van der Waals surface area contributed by atoms with Gasteiger partial charge in [0.25, 0.3) is 0 Å². The van der Waals surface area contributed by atoms with Crippen molar-refractivity contribution < 1.29 is 23.4 Å². The number of nitrogens with one attached hydrogen (secondary N) is 2. The van der Waals surface area contributed by atoms with Crippen LogP contribution in [0.5, 0.6) is 17.2 Å². The molecule has 1 amide bonds. The van der Waals surface area contributed by atoms with Crippen LogP contribution < -0.4 is 29.7 Å². The van der Waals surface area contributed by atoms with Crippen molar-refractivity contribution >= 4 is 23.4 Å². The Hall–Kier alpha value is -4.08. The molecule has 0 radical (unpaired) electrons. The van der Waals surface area contributed by atoms with Crippen LogP contribution in [0.2, 0.25) is 0 Å². The Morgan fingerprint density at radius 1 is 1.08 bits per heavy atom. The Kier molecular flexibility index (Phi) is 8.27. The van der Waals surface area contributed by atoms with E-state index in [9.17, 15) is 9.18 Å². The molecule has 4 rings (SSSR count). The number of methoxy groups -OCH3 is 3. The number of hydrogen-bond acceptors (Lipinski definition) is 8. The molecule has 1 aliphatic rings. The maximum atomic E-state index is 13.2. The molecule has 1 saturated heterocycles. The predicted octanol–water partition coefficient (Wildman–Crippen LogP) is 4.48. The van der Waals surface area contributed by atoms with E-state index in [-0.39, 0.29) is 23.7 Å². The largest absolute Gasteiger partial charge is 0.493 e. The lowest BCUT2D eigenvalue weighted by molar-refractivity contribution is -0.125. The first-order valence-corrected chi connectivity index (χ1v) is 12.1. The average molecular weight is 510 g/mol. The van der Waals surface area contributed by atoms with Crippen molar-refractivity contribution in [2.24, 2.45) is 5.92 Å². The summed E-state index contributed by atoms with van der Waals surface area (Å²) in [6.07, 6.45) is 3.34. The van der Waals surface area contributed by atoms with Gasteiger partial charge in [0.05, 0.1) is 33.3 Å². The van der Waals surface area contributed by atoms with E-state index in [1.165, 1.54) is 12.1 Å². The molecule has 2 heterocycles. The van der Waals surface area contributed by atoms with E-state index in [0.29, 0.717) is 35.4 Å². The first-order chi connectivity index (χ1) is 17.9. The summed E-state index contributed by atoms with van der Waals surface area (Å²) < 4.78 is 29.5. The standard InChI is InChI=1S/C27H32FN5O4/c1-17(18-7-9-20(28)10-8-18)30-26(34)19-6-5-13-33(16-19)24-11-12-29-27(32-24)31-21-14-22(35-2)25(37-4)23(15-21)36-3/h7-12,14-15,17,19H,5-6,13,16H2,1-4H3,(H,30,34)(H,29,31,32)/t17-,19?/m0/s1. The molecule has 2 atom stereocenters.